The SMILES string of the molecule is CC(=O)N[C@@H]1[C@@H](O)[C@H](O)[C@@H](CO[C@@H]2O[C@H](CO)[C@H](O)[C@H](O)[C@H]2O)O[C@@H]1[O-]. The van der Waals surface area contributed by atoms with Crippen LogP contribution >= 0.6 is 0 Å². The molecule has 2 aliphatic heterocycles. The summed E-state index contributed by atoms with van der Waals surface area (Å²) >= 11 is 0. The predicted octanol–water partition coefficient (Wildman–Crippen LogP) is -5.89. The molecule has 0 saturated carbocycles. The highest BCUT2D eigenvalue weighted by Crippen LogP contribution is 2.24. The Labute approximate surface area is 148 Å². The van der Waals surface area contributed by atoms with Crippen LogP contribution in [-0.2, 0) is 19.0 Å². The van der Waals surface area contributed by atoms with E-state index in [1.165, 1.54) is 0 Å². The average Bonchev–Trinajstić information content (AvgIpc) is 2.59. The highest BCUT2D eigenvalue weighted by atomic mass is 16.7. The van der Waals surface area contributed by atoms with Gasteiger partial charge in [-0.05, 0) is 0 Å². The lowest BCUT2D eigenvalue weighted by atomic mass is 9.97. The van der Waals surface area contributed by atoms with E-state index in [2.05, 4.69) is 5.32 Å². The van der Waals surface area contributed by atoms with Crippen molar-refractivity contribution in [1.29, 1.82) is 0 Å². The monoisotopic (exact) mass is 382 g/mol. The third-order valence-electron chi connectivity index (χ3n) is 4.34. The molecule has 2 saturated heterocycles. The van der Waals surface area contributed by atoms with Gasteiger partial charge in [-0.15, -0.1) is 0 Å². The van der Waals surface area contributed by atoms with Gasteiger partial charge in [0.25, 0.3) is 0 Å². The molecule has 0 unspecified atom stereocenters. The highest BCUT2D eigenvalue weighted by molar-refractivity contribution is 5.73. The Morgan fingerprint density at radius 2 is 1.62 bits per heavy atom. The zero-order chi connectivity index (χ0) is 19.6. The Hall–Kier alpha value is -0.930. The number of ether oxygens (including phenoxy) is 3. The number of nitrogens with one attached hydrogen (secondary N) is 1. The summed E-state index contributed by atoms with van der Waals surface area (Å²) < 4.78 is 15.3. The van der Waals surface area contributed by atoms with E-state index >= 15 is 0 Å². The molecule has 0 aliphatic carbocycles. The molecule has 0 radical (unpaired) electrons. The van der Waals surface area contributed by atoms with Crippen molar-refractivity contribution in [3.05, 3.63) is 0 Å². The third kappa shape index (κ3) is 4.48. The van der Waals surface area contributed by atoms with Gasteiger partial charge in [0.15, 0.2) is 6.29 Å². The summed E-state index contributed by atoms with van der Waals surface area (Å²) in [6.07, 6.45) is -13.9. The molecule has 0 bridgehead atoms. The quantitative estimate of drug-likeness (QED) is 0.239. The van der Waals surface area contributed by atoms with E-state index in [1.807, 2.05) is 0 Å². The van der Waals surface area contributed by atoms with Crippen LogP contribution in [0.25, 0.3) is 0 Å². The topological polar surface area (TPSA) is 201 Å². The maximum Gasteiger partial charge on any atom is 0.217 e. The second-order valence-electron chi connectivity index (χ2n) is 6.28. The van der Waals surface area contributed by atoms with Crippen molar-refractivity contribution < 1.29 is 54.8 Å². The van der Waals surface area contributed by atoms with Gasteiger partial charge in [0.05, 0.1) is 19.3 Å². The van der Waals surface area contributed by atoms with Crippen LogP contribution in [0, 0.1) is 0 Å². The Morgan fingerprint density at radius 3 is 2.19 bits per heavy atom. The van der Waals surface area contributed by atoms with Crippen LogP contribution < -0.4 is 10.4 Å². The van der Waals surface area contributed by atoms with Gasteiger partial charge in [0, 0.05) is 13.2 Å². The van der Waals surface area contributed by atoms with Crippen molar-refractivity contribution in [2.45, 2.75) is 68.3 Å². The lowest BCUT2D eigenvalue weighted by Crippen LogP contribution is -2.67. The van der Waals surface area contributed by atoms with E-state index in [9.17, 15) is 35.4 Å². The molecule has 0 spiro atoms. The minimum Gasteiger partial charge on any atom is -0.829 e. The Bertz CT molecular complexity index is 478. The largest absolute Gasteiger partial charge is 0.829 e. The predicted molar refractivity (Wildman–Crippen MR) is 78.0 cm³/mol. The highest BCUT2D eigenvalue weighted by Gasteiger charge is 2.46. The smallest absolute Gasteiger partial charge is 0.217 e. The van der Waals surface area contributed by atoms with E-state index < -0.39 is 80.5 Å². The summed E-state index contributed by atoms with van der Waals surface area (Å²) in [6.45, 7) is -0.0142. The van der Waals surface area contributed by atoms with E-state index in [0.29, 0.717) is 0 Å². The van der Waals surface area contributed by atoms with Crippen molar-refractivity contribution >= 4 is 5.91 Å². The molecular formula is C14H24NO11-. The summed E-state index contributed by atoms with van der Waals surface area (Å²) in [5.74, 6) is -0.582. The molecule has 0 aromatic heterocycles. The molecule has 7 N–H and O–H groups in total. The van der Waals surface area contributed by atoms with Gasteiger partial charge < -0.3 is 55.3 Å². The molecular weight excluding hydrogens is 358 g/mol. The first-order valence-corrected chi connectivity index (χ1v) is 8.04. The van der Waals surface area contributed by atoms with Gasteiger partial charge in [0.2, 0.25) is 5.91 Å². The van der Waals surface area contributed by atoms with Crippen LogP contribution in [0.3, 0.4) is 0 Å². The summed E-state index contributed by atoms with van der Waals surface area (Å²) in [5, 5.41) is 72.5. The molecule has 0 aromatic rings. The second-order valence-corrected chi connectivity index (χ2v) is 6.28. The molecule has 152 valence electrons. The molecule has 12 heteroatoms. The molecule has 12 nitrogen and oxygen atoms in total. The molecule has 2 rings (SSSR count). The molecule has 1 amide bonds. The standard InChI is InChI=1S/C14H24NO11/c1-4(17)15-7-10(20)9(19)6(25-13(7)23)3-24-14-12(22)11(21)8(18)5(2-16)26-14/h5-14,16,18-22H,2-3H2,1H3,(H,15,17)/q-1/t5-,6-,7-,8+,9-,10-,11+,12-,13+,14-/m1/s1. The first-order chi connectivity index (χ1) is 12.2. The molecule has 10 atom stereocenters. The van der Waals surface area contributed by atoms with Gasteiger partial charge in [-0.3, -0.25) is 4.79 Å². The van der Waals surface area contributed by atoms with Gasteiger partial charge >= 0.3 is 0 Å². The normalized spacial score (nSPS) is 46.8. The van der Waals surface area contributed by atoms with Crippen molar-refractivity contribution in [3.63, 3.8) is 0 Å². The van der Waals surface area contributed by atoms with Gasteiger partial charge in [0.1, 0.15) is 42.7 Å². The number of aliphatic hydroxyl groups is 6. The minimum absolute atomic E-state index is 0.507. The molecule has 2 aliphatic rings. The van der Waals surface area contributed by atoms with Crippen LogP contribution in [-0.4, -0.2) is 111 Å². The maximum atomic E-state index is 11.9. The third-order valence-corrected chi connectivity index (χ3v) is 4.34. The summed E-state index contributed by atoms with van der Waals surface area (Å²) in [7, 11) is 0. The van der Waals surface area contributed by atoms with Crippen LogP contribution in [0.1, 0.15) is 6.92 Å². The van der Waals surface area contributed by atoms with Crippen LogP contribution in [0.2, 0.25) is 0 Å². The fourth-order valence-corrected chi connectivity index (χ4v) is 2.85. The van der Waals surface area contributed by atoms with Gasteiger partial charge in [-0.25, -0.2) is 0 Å². The zero-order valence-corrected chi connectivity index (χ0v) is 13.9. The second kappa shape index (κ2) is 8.84. The number of carbonyl (C=O) groups is 1. The fraction of sp³-hybridized carbons (Fsp3) is 0.929. The maximum absolute atomic E-state index is 11.9. The molecule has 26 heavy (non-hydrogen) atoms. The average molecular weight is 382 g/mol. The molecule has 0 aromatic carbocycles. The summed E-state index contributed by atoms with van der Waals surface area (Å²) in [4.78, 5) is 11.0. The Morgan fingerprint density at radius 1 is 1.00 bits per heavy atom. The lowest BCUT2D eigenvalue weighted by Gasteiger charge is -2.47. The van der Waals surface area contributed by atoms with Crippen molar-refractivity contribution in [2.75, 3.05) is 13.2 Å². The Kier molecular flexibility index (Phi) is 7.27. The lowest BCUT2D eigenvalue weighted by molar-refractivity contribution is -0.520. The summed E-state index contributed by atoms with van der Waals surface area (Å²) in [5.41, 5.74) is 0. The van der Waals surface area contributed by atoms with E-state index in [1.54, 1.807) is 0 Å². The number of hydrogen-bond donors (Lipinski definition) is 7. The van der Waals surface area contributed by atoms with E-state index in [0.717, 1.165) is 6.92 Å². The first kappa shape index (κ1) is 21.4. The molecule has 2 fully saturated rings. The van der Waals surface area contributed by atoms with Crippen molar-refractivity contribution in [2.24, 2.45) is 0 Å². The van der Waals surface area contributed by atoms with Crippen LogP contribution in [0.4, 0.5) is 0 Å². The molecule has 2 heterocycles. The number of rotatable bonds is 5. The van der Waals surface area contributed by atoms with Crippen molar-refractivity contribution in [3.8, 4) is 0 Å². The number of amides is 1. The first-order valence-electron chi connectivity index (χ1n) is 8.04. The summed E-state index contributed by atoms with van der Waals surface area (Å²) in [6, 6.07) is -1.36. The zero-order valence-electron chi connectivity index (χ0n) is 13.9. The van der Waals surface area contributed by atoms with Crippen LogP contribution in [0.5, 0.6) is 0 Å². The van der Waals surface area contributed by atoms with Crippen molar-refractivity contribution in [1.82, 2.24) is 5.32 Å². The minimum atomic E-state index is -1.87. The Balaban J connectivity index is 1.95. The number of aliphatic hydroxyl groups excluding tert-OH is 6. The van der Waals surface area contributed by atoms with E-state index in [-0.39, 0.29) is 0 Å². The number of carbonyl (C=O) groups excluding carboxylic acids is 1. The van der Waals surface area contributed by atoms with Gasteiger partial charge in [-0.2, -0.15) is 0 Å². The fourth-order valence-electron chi connectivity index (χ4n) is 2.85. The number of hydrogen-bond acceptors (Lipinski definition) is 11. The van der Waals surface area contributed by atoms with Crippen LogP contribution in [0.15, 0.2) is 0 Å². The van der Waals surface area contributed by atoms with Gasteiger partial charge in [-0.1, -0.05) is 0 Å². The van der Waals surface area contributed by atoms with E-state index in [4.69, 9.17) is 19.3 Å².